The molecule has 0 saturated carbocycles. The van der Waals surface area contributed by atoms with E-state index in [0.717, 1.165) is 16.7 Å². The molecule has 3 unspecified atom stereocenters. The lowest BCUT2D eigenvalue weighted by Gasteiger charge is -2.51. The number of aliphatic hydroxyl groups excluding tert-OH is 2. The minimum atomic E-state index is -4.85. The molecule has 0 bridgehead atoms. The van der Waals surface area contributed by atoms with Crippen LogP contribution in [0.1, 0.15) is 22.9 Å². The molecule has 0 amide bonds. The molecule has 0 aliphatic carbocycles. The minimum Gasteiger partial charge on any atom is -0.387 e. The molecule has 2 aliphatic rings. The van der Waals surface area contributed by atoms with Crippen molar-refractivity contribution >= 4 is 43.8 Å². The van der Waals surface area contributed by atoms with Crippen LogP contribution in [0.2, 0.25) is 5.28 Å². The van der Waals surface area contributed by atoms with Gasteiger partial charge in [-0.3, -0.25) is 13.7 Å². The molecule has 44 heavy (non-hydrogen) atoms. The zero-order valence-electron chi connectivity index (χ0n) is 23.3. The summed E-state index contributed by atoms with van der Waals surface area (Å²) in [5.41, 5.74) is 3.76. The lowest BCUT2D eigenvalue weighted by atomic mass is 9.68. The average molecular weight is 666 g/mol. The topological polar surface area (TPSA) is 201 Å². The highest BCUT2D eigenvalue weighted by Gasteiger charge is 2.48. The van der Waals surface area contributed by atoms with Gasteiger partial charge in [0, 0.05) is 13.1 Å². The summed E-state index contributed by atoms with van der Waals surface area (Å²) in [7, 11) is -9.56. The zero-order valence-corrected chi connectivity index (χ0v) is 25.8. The fourth-order valence-electron chi connectivity index (χ4n) is 5.76. The number of fused-ring (bicyclic) bond motifs is 1. The number of aromatic nitrogens is 4. The van der Waals surface area contributed by atoms with Crippen LogP contribution in [0.25, 0.3) is 11.2 Å². The second-order valence-corrected chi connectivity index (χ2v) is 15.4. The monoisotopic (exact) mass is 665 g/mol. The summed E-state index contributed by atoms with van der Waals surface area (Å²) in [5, 5.41) is 21.3. The van der Waals surface area contributed by atoms with Crippen molar-refractivity contribution in [3.63, 3.8) is 0 Å². The molecule has 5 atom stereocenters. The average Bonchev–Trinajstić information content (AvgIpc) is 3.47. The van der Waals surface area contributed by atoms with Crippen molar-refractivity contribution in [2.75, 3.05) is 30.5 Å². The quantitative estimate of drug-likeness (QED) is 0.129. The molecule has 0 spiro atoms. The highest BCUT2D eigenvalue weighted by atomic mass is 35.5. The Morgan fingerprint density at radius 1 is 1.00 bits per heavy atom. The van der Waals surface area contributed by atoms with Crippen molar-refractivity contribution < 1.29 is 43.3 Å². The van der Waals surface area contributed by atoms with Gasteiger partial charge in [0.1, 0.15) is 18.3 Å². The van der Waals surface area contributed by atoms with E-state index in [9.17, 15) is 24.2 Å². The second kappa shape index (κ2) is 11.6. The van der Waals surface area contributed by atoms with Crippen LogP contribution >= 0.6 is 26.8 Å². The van der Waals surface area contributed by atoms with Crippen LogP contribution in [0, 0.1) is 6.92 Å². The molecule has 2 aromatic carbocycles. The van der Waals surface area contributed by atoms with Crippen LogP contribution in [0.15, 0.2) is 60.9 Å². The summed E-state index contributed by atoms with van der Waals surface area (Å²) in [5.74, 6) is -0.922. The van der Waals surface area contributed by atoms with Crippen LogP contribution in [0.3, 0.4) is 0 Å². The Morgan fingerprint density at radius 2 is 1.66 bits per heavy atom. The maximum Gasteiger partial charge on any atom is 0.340 e. The van der Waals surface area contributed by atoms with E-state index >= 15 is 0 Å². The van der Waals surface area contributed by atoms with Crippen LogP contribution < -0.4 is 4.90 Å². The molecule has 2 aromatic heterocycles. The molecule has 14 nitrogen and oxygen atoms in total. The lowest BCUT2D eigenvalue weighted by Crippen LogP contribution is -2.60. The van der Waals surface area contributed by atoms with E-state index in [0.29, 0.717) is 24.4 Å². The standard InChI is InChI=1S/C27H30ClN5O9P2/c1-16-7-9-18(10-8-16)27(17-5-3-2-4-6-17)12-32(13-27)23-20-24(31-26(28)30-23)33(14-29-20)25-22(35)21(34)19(42-25)11-41-44(39,40)15-43(36,37)38/h2-10,14,19,21-22,25,34-35H,11-13,15H2,1H3,(H,39,40)(H2,36,37,38)/t19-,21?,22?,25-/m1/s1. The zero-order chi connectivity index (χ0) is 31.4. The number of aliphatic hydroxyl groups is 2. The van der Waals surface area contributed by atoms with Gasteiger partial charge >= 0.3 is 15.2 Å². The first kappa shape index (κ1) is 31.3. The van der Waals surface area contributed by atoms with Crippen molar-refractivity contribution in [2.45, 2.75) is 36.9 Å². The maximum absolute atomic E-state index is 12.1. The van der Waals surface area contributed by atoms with Gasteiger partial charge < -0.3 is 39.1 Å². The number of rotatable bonds is 9. The molecule has 6 rings (SSSR count). The van der Waals surface area contributed by atoms with E-state index in [-0.39, 0.29) is 16.3 Å². The van der Waals surface area contributed by atoms with Gasteiger partial charge in [-0.15, -0.1) is 0 Å². The van der Waals surface area contributed by atoms with E-state index in [4.69, 9.17) is 30.6 Å². The van der Waals surface area contributed by atoms with E-state index in [1.165, 1.54) is 10.9 Å². The fourth-order valence-corrected chi connectivity index (χ4v) is 8.49. The number of anilines is 1. The third kappa shape index (κ3) is 5.95. The Balaban J connectivity index is 1.26. The fraction of sp³-hybridized carbons (Fsp3) is 0.370. The van der Waals surface area contributed by atoms with Crippen LogP contribution in [-0.4, -0.2) is 88.3 Å². The Hall–Kier alpha value is -2.74. The Bertz CT molecular complexity index is 1760. The number of benzene rings is 2. The van der Waals surface area contributed by atoms with Gasteiger partial charge in [0.2, 0.25) is 5.28 Å². The van der Waals surface area contributed by atoms with E-state index in [2.05, 4.69) is 51.4 Å². The van der Waals surface area contributed by atoms with Gasteiger partial charge in [0.25, 0.3) is 0 Å². The predicted octanol–water partition coefficient (Wildman–Crippen LogP) is 2.55. The molecule has 2 aliphatic heterocycles. The third-order valence-electron chi connectivity index (χ3n) is 7.94. The number of ether oxygens (including phenoxy) is 1. The maximum atomic E-state index is 12.1. The Morgan fingerprint density at radius 3 is 2.32 bits per heavy atom. The van der Waals surface area contributed by atoms with Crippen molar-refractivity contribution in [1.82, 2.24) is 19.5 Å². The summed E-state index contributed by atoms with van der Waals surface area (Å²) in [6.07, 6.45) is -4.29. The number of halogens is 1. The van der Waals surface area contributed by atoms with E-state index in [1.807, 2.05) is 30.0 Å². The van der Waals surface area contributed by atoms with Gasteiger partial charge in [-0.05, 0) is 29.7 Å². The third-order valence-corrected chi connectivity index (χ3v) is 11.6. The van der Waals surface area contributed by atoms with E-state index in [1.54, 1.807) is 0 Å². The Kier molecular flexibility index (Phi) is 8.21. The summed E-state index contributed by atoms with van der Waals surface area (Å²) < 4.78 is 35.1. The first-order valence-corrected chi connectivity index (χ1v) is 17.5. The summed E-state index contributed by atoms with van der Waals surface area (Å²) in [6, 6.07) is 18.6. The first-order chi connectivity index (χ1) is 20.8. The van der Waals surface area contributed by atoms with Crippen molar-refractivity contribution in [3.8, 4) is 0 Å². The summed E-state index contributed by atoms with van der Waals surface area (Å²) in [6.45, 7) is 2.47. The molecule has 2 fully saturated rings. The molecule has 2 saturated heterocycles. The smallest absolute Gasteiger partial charge is 0.340 e. The highest BCUT2D eigenvalue weighted by Crippen LogP contribution is 2.55. The molecule has 5 N–H and O–H groups in total. The van der Waals surface area contributed by atoms with E-state index < -0.39 is 52.2 Å². The molecular formula is C27H30ClN5O9P2. The first-order valence-electron chi connectivity index (χ1n) is 13.6. The summed E-state index contributed by atoms with van der Waals surface area (Å²) in [4.78, 5) is 43.1. The number of imidazole rings is 1. The minimum absolute atomic E-state index is 0.0756. The molecule has 17 heteroatoms. The van der Waals surface area contributed by atoms with Gasteiger partial charge in [-0.2, -0.15) is 9.97 Å². The summed E-state index contributed by atoms with van der Waals surface area (Å²) >= 11 is 6.37. The van der Waals surface area contributed by atoms with Crippen LogP contribution in [0.5, 0.6) is 0 Å². The van der Waals surface area contributed by atoms with Gasteiger partial charge in [-0.1, -0.05) is 60.2 Å². The molecule has 4 heterocycles. The molecular weight excluding hydrogens is 636 g/mol. The normalized spacial score (nSPS) is 24.8. The molecule has 4 aromatic rings. The van der Waals surface area contributed by atoms with Gasteiger partial charge in [0.15, 0.2) is 29.1 Å². The van der Waals surface area contributed by atoms with Crippen molar-refractivity contribution in [2.24, 2.45) is 0 Å². The largest absolute Gasteiger partial charge is 0.387 e. The van der Waals surface area contributed by atoms with Crippen LogP contribution in [0.4, 0.5) is 5.82 Å². The van der Waals surface area contributed by atoms with Crippen molar-refractivity contribution in [3.05, 3.63) is 82.9 Å². The van der Waals surface area contributed by atoms with Crippen LogP contribution in [-0.2, 0) is 23.8 Å². The SMILES string of the molecule is Cc1ccc(C2(c3ccccc3)CN(c3nc(Cl)nc4c3ncn4[C@@H]3O[C@H](COP(=O)(O)CP(=O)(O)O)C(O)C3O)C2)cc1. The number of aryl methyl sites for hydroxylation is 1. The second-order valence-electron chi connectivity index (χ2n) is 11.1. The van der Waals surface area contributed by atoms with Crippen molar-refractivity contribution in [1.29, 1.82) is 0 Å². The number of nitrogens with zero attached hydrogens (tertiary/aromatic N) is 5. The van der Waals surface area contributed by atoms with Gasteiger partial charge in [-0.25, -0.2) is 4.98 Å². The Labute approximate surface area is 256 Å². The van der Waals surface area contributed by atoms with Gasteiger partial charge in [0.05, 0.1) is 18.3 Å². The number of hydrogen-bond acceptors (Lipinski definition) is 10. The predicted molar refractivity (Wildman–Crippen MR) is 160 cm³/mol. The molecule has 234 valence electrons. The lowest BCUT2D eigenvalue weighted by molar-refractivity contribution is -0.0483. The molecule has 0 radical (unpaired) electrons. The number of hydrogen-bond donors (Lipinski definition) is 5. The highest BCUT2D eigenvalue weighted by molar-refractivity contribution is 7.70.